The van der Waals surface area contributed by atoms with Crippen molar-refractivity contribution < 1.29 is 19.0 Å². The first-order chi connectivity index (χ1) is 7.83. The van der Waals surface area contributed by atoms with E-state index in [0.29, 0.717) is 26.4 Å². The third-order valence-corrected chi connectivity index (χ3v) is 2.02. The molecule has 0 rings (SSSR count). The molecule has 0 saturated heterocycles. The van der Waals surface area contributed by atoms with Crippen LogP contribution < -0.4 is 0 Å². The predicted molar refractivity (Wildman–Crippen MR) is 67.2 cm³/mol. The smallest absolute Gasteiger partial charge is 0.160 e. The van der Waals surface area contributed by atoms with Crippen molar-refractivity contribution in [2.24, 2.45) is 5.92 Å². The van der Waals surface area contributed by atoms with E-state index in [1.165, 1.54) is 0 Å². The third-order valence-electron chi connectivity index (χ3n) is 2.02. The van der Waals surface area contributed by atoms with Crippen LogP contribution in [0.3, 0.4) is 0 Å². The van der Waals surface area contributed by atoms with E-state index < -0.39 is 0 Å². The summed E-state index contributed by atoms with van der Waals surface area (Å²) in [5, 5.41) is 0. The minimum absolute atomic E-state index is 0.0381. The lowest BCUT2D eigenvalue weighted by Crippen LogP contribution is -2.22. The van der Waals surface area contributed by atoms with Crippen LogP contribution in [0, 0.1) is 5.92 Å². The molecular formula is C13H26O4. The summed E-state index contributed by atoms with van der Waals surface area (Å²) < 4.78 is 16.0. The summed E-state index contributed by atoms with van der Waals surface area (Å²) in [4.78, 5) is 11.2. The van der Waals surface area contributed by atoms with Crippen molar-refractivity contribution in [3.8, 4) is 0 Å². The van der Waals surface area contributed by atoms with Crippen molar-refractivity contribution in [3.05, 3.63) is 0 Å². The van der Waals surface area contributed by atoms with Crippen molar-refractivity contribution in [1.29, 1.82) is 0 Å². The molecule has 0 aromatic heterocycles. The number of ketones is 1. The molecule has 102 valence electrons. The van der Waals surface area contributed by atoms with Crippen molar-refractivity contribution in [2.45, 2.75) is 40.2 Å². The first-order valence-electron chi connectivity index (χ1n) is 6.15. The van der Waals surface area contributed by atoms with Crippen LogP contribution in [-0.2, 0) is 19.0 Å². The minimum atomic E-state index is -0.121. The topological polar surface area (TPSA) is 44.8 Å². The molecule has 0 bridgehead atoms. The molecular weight excluding hydrogens is 220 g/mol. The Morgan fingerprint density at radius 3 is 2.06 bits per heavy atom. The lowest BCUT2D eigenvalue weighted by atomic mass is 10.1. The van der Waals surface area contributed by atoms with Gasteiger partial charge in [0.2, 0.25) is 0 Å². The van der Waals surface area contributed by atoms with Gasteiger partial charge in [0.1, 0.15) is 6.61 Å². The normalized spacial score (nSPS) is 12.1. The van der Waals surface area contributed by atoms with Gasteiger partial charge < -0.3 is 14.2 Å². The molecule has 0 spiro atoms. The molecule has 0 aromatic rings. The fourth-order valence-electron chi connectivity index (χ4n) is 0.966. The molecule has 0 radical (unpaired) electrons. The Balaban J connectivity index is 3.22. The summed E-state index contributed by atoms with van der Waals surface area (Å²) >= 11 is 0. The average molecular weight is 246 g/mol. The van der Waals surface area contributed by atoms with Gasteiger partial charge in [0.25, 0.3) is 0 Å². The van der Waals surface area contributed by atoms with Crippen LogP contribution in [0.5, 0.6) is 0 Å². The number of hydrogen-bond donors (Lipinski definition) is 0. The van der Waals surface area contributed by atoms with Crippen LogP contribution in [0.2, 0.25) is 0 Å². The van der Waals surface area contributed by atoms with Gasteiger partial charge in [-0.3, -0.25) is 4.79 Å². The number of rotatable bonds is 9. The van der Waals surface area contributed by atoms with E-state index in [1.54, 1.807) is 0 Å². The standard InChI is InChI=1S/C13H26O4/c1-11(2)12(14)10-16-7-6-15-8-9-17-13(3,4)5/h11H,6-10H2,1-5H3. The Bertz CT molecular complexity index is 206. The van der Waals surface area contributed by atoms with E-state index in [9.17, 15) is 4.79 Å². The fraction of sp³-hybridized carbons (Fsp3) is 0.923. The Hall–Kier alpha value is -0.450. The second-order valence-electron chi connectivity index (χ2n) is 5.25. The first kappa shape index (κ1) is 16.6. The van der Waals surface area contributed by atoms with Gasteiger partial charge in [-0.25, -0.2) is 0 Å². The van der Waals surface area contributed by atoms with E-state index in [-0.39, 0.29) is 23.9 Å². The number of ether oxygens (including phenoxy) is 3. The summed E-state index contributed by atoms with van der Waals surface area (Å²) in [5.41, 5.74) is -0.121. The summed E-state index contributed by atoms with van der Waals surface area (Å²) in [6, 6.07) is 0. The van der Waals surface area contributed by atoms with Crippen LogP contribution in [0.1, 0.15) is 34.6 Å². The lowest BCUT2D eigenvalue weighted by Gasteiger charge is -2.19. The highest BCUT2D eigenvalue weighted by Crippen LogP contribution is 2.05. The molecule has 0 aliphatic heterocycles. The van der Waals surface area contributed by atoms with Gasteiger partial charge in [0, 0.05) is 5.92 Å². The Labute approximate surface area is 105 Å². The van der Waals surface area contributed by atoms with Crippen molar-refractivity contribution >= 4 is 5.78 Å². The van der Waals surface area contributed by atoms with Crippen LogP contribution in [-0.4, -0.2) is 44.4 Å². The third kappa shape index (κ3) is 11.8. The molecule has 0 N–H and O–H groups in total. The molecule has 0 aromatic carbocycles. The summed E-state index contributed by atoms with van der Waals surface area (Å²) in [7, 11) is 0. The number of carbonyl (C=O) groups excluding carboxylic acids is 1. The molecule has 0 saturated carbocycles. The van der Waals surface area contributed by atoms with Crippen molar-refractivity contribution in [2.75, 3.05) is 33.0 Å². The zero-order chi connectivity index (χ0) is 13.3. The number of Topliss-reactive ketones (excluding diaryl/α,β-unsaturated/α-hetero) is 1. The predicted octanol–water partition coefficient (Wildman–Crippen LogP) is 2.06. The first-order valence-corrected chi connectivity index (χ1v) is 6.15. The Kier molecular flexibility index (Phi) is 8.39. The molecule has 0 fully saturated rings. The SMILES string of the molecule is CC(C)C(=O)COCCOCCOC(C)(C)C. The molecule has 0 aliphatic rings. The monoisotopic (exact) mass is 246 g/mol. The molecule has 0 amide bonds. The van der Waals surface area contributed by atoms with Crippen molar-refractivity contribution in [1.82, 2.24) is 0 Å². The second-order valence-corrected chi connectivity index (χ2v) is 5.25. The summed E-state index contributed by atoms with van der Waals surface area (Å²) in [6.45, 7) is 12.0. The highest BCUT2D eigenvalue weighted by Gasteiger charge is 2.09. The van der Waals surface area contributed by atoms with E-state index >= 15 is 0 Å². The van der Waals surface area contributed by atoms with Crippen molar-refractivity contribution in [3.63, 3.8) is 0 Å². The maximum atomic E-state index is 11.2. The van der Waals surface area contributed by atoms with Gasteiger partial charge in [-0.05, 0) is 20.8 Å². The van der Waals surface area contributed by atoms with E-state index in [0.717, 1.165) is 0 Å². The molecule has 0 atom stereocenters. The lowest BCUT2D eigenvalue weighted by molar-refractivity contribution is -0.127. The van der Waals surface area contributed by atoms with Gasteiger partial charge in [-0.2, -0.15) is 0 Å². The highest BCUT2D eigenvalue weighted by atomic mass is 16.5. The molecule has 0 unspecified atom stereocenters. The minimum Gasteiger partial charge on any atom is -0.377 e. The van der Waals surface area contributed by atoms with E-state index in [1.807, 2.05) is 34.6 Å². The average Bonchev–Trinajstić information content (AvgIpc) is 2.19. The maximum Gasteiger partial charge on any atom is 0.160 e. The molecule has 4 heteroatoms. The van der Waals surface area contributed by atoms with Gasteiger partial charge in [0.05, 0.1) is 32.0 Å². The summed E-state index contributed by atoms with van der Waals surface area (Å²) in [5.74, 6) is 0.164. The zero-order valence-electron chi connectivity index (χ0n) is 11.7. The number of hydrogen-bond acceptors (Lipinski definition) is 4. The fourth-order valence-corrected chi connectivity index (χ4v) is 0.966. The number of carbonyl (C=O) groups is 1. The molecule has 17 heavy (non-hydrogen) atoms. The van der Waals surface area contributed by atoms with Crippen LogP contribution in [0.25, 0.3) is 0 Å². The van der Waals surface area contributed by atoms with E-state index in [2.05, 4.69) is 0 Å². The zero-order valence-corrected chi connectivity index (χ0v) is 11.7. The van der Waals surface area contributed by atoms with E-state index in [4.69, 9.17) is 14.2 Å². The molecule has 4 nitrogen and oxygen atoms in total. The largest absolute Gasteiger partial charge is 0.377 e. The van der Waals surface area contributed by atoms with Gasteiger partial charge in [-0.1, -0.05) is 13.8 Å². The highest BCUT2D eigenvalue weighted by molar-refractivity contribution is 5.81. The van der Waals surface area contributed by atoms with Gasteiger partial charge in [-0.15, -0.1) is 0 Å². The quantitative estimate of drug-likeness (QED) is 0.584. The van der Waals surface area contributed by atoms with Crippen LogP contribution >= 0.6 is 0 Å². The molecule has 0 heterocycles. The Morgan fingerprint density at radius 1 is 1.00 bits per heavy atom. The van der Waals surface area contributed by atoms with Gasteiger partial charge in [0.15, 0.2) is 5.78 Å². The van der Waals surface area contributed by atoms with Crippen LogP contribution in [0.4, 0.5) is 0 Å². The second kappa shape index (κ2) is 8.61. The Morgan fingerprint density at radius 2 is 1.53 bits per heavy atom. The summed E-state index contributed by atoms with van der Waals surface area (Å²) in [6.07, 6.45) is 0. The molecule has 0 aliphatic carbocycles. The van der Waals surface area contributed by atoms with Gasteiger partial charge >= 0.3 is 0 Å². The maximum absolute atomic E-state index is 11.2. The van der Waals surface area contributed by atoms with Crippen LogP contribution in [0.15, 0.2) is 0 Å².